The second-order valence-electron chi connectivity index (χ2n) is 5.48. The highest BCUT2D eigenvalue weighted by Crippen LogP contribution is 2.29. The maximum Gasteiger partial charge on any atom is 0.106 e. The van der Waals surface area contributed by atoms with Gasteiger partial charge in [-0.25, -0.2) is 4.98 Å². The molecule has 0 aromatic carbocycles. The summed E-state index contributed by atoms with van der Waals surface area (Å²) < 4.78 is 2.41. The molecule has 90 valence electrons. The molecule has 3 nitrogen and oxygen atoms in total. The molecule has 3 heteroatoms. The van der Waals surface area contributed by atoms with E-state index < -0.39 is 0 Å². The maximum atomic E-state index is 4.81. The van der Waals surface area contributed by atoms with E-state index in [0.717, 1.165) is 13.1 Å². The first-order valence-electron chi connectivity index (χ1n) is 6.27. The van der Waals surface area contributed by atoms with Gasteiger partial charge in [-0.05, 0) is 33.2 Å². The minimum absolute atomic E-state index is 0.136. The molecule has 0 atom stereocenters. The number of aryl methyl sites for hydroxylation is 1. The van der Waals surface area contributed by atoms with Crippen LogP contribution in [0.15, 0.2) is 0 Å². The SMILES string of the molecule is CNCC(C)(C)c1nc(C)n2c1CCCC2. The van der Waals surface area contributed by atoms with Crippen molar-refractivity contribution in [2.24, 2.45) is 0 Å². The van der Waals surface area contributed by atoms with Crippen LogP contribution < -0.4 is 5.32 Å². The van der Waals surface area contributed by atoms with Crippen molar-refractivity contribution < 1.29 is 0 Å². The summed E-state index contributed by atoms with van der Waals surface area (Å²) in [4.78, 5) is 4.81. The van der Waals surface area contributed by atoms with Crippen molar-refractivity contribution in [2.45, 2.75) is 52.0 Å². The molecule has 1 aromatic rings. The van der Waals surface area contributed by atoms with Crippen LogP contribution in [-0.4, -0.2) is 23.1 Å². The van der Waals surface area contributed by atoms with E-state index in [9.17, 15) is 0 Å². The normalized spacial score (nSPS) is 16.2. The van der Waals surface area contributed by atoms with Gasteiger partial charge in [-0.3, -0.25) is 0 Å². The van der Waals surface area contributed by atoms with Crippen LogP contribution in [0.3, 0.4) is 0 Å². The maximum absolute atomic E-state index is 4.81. The van der Waals surface area contributed by atoms with Gasteiger partial charge in [0.25, 0.3) is 0 Å². The van der Waals surface area contributed by atoms with Crippen LogP contribution in [0.2, 0.25) is 0 Å². The predicted octanol–water partition coefficient (Wildman–Crippen LogP) is 2.02. The first-order valence-corrected chi connectivity index (χ1v) is 6.27. The Bertz CT molecular complexity index is 377. The van der Waals surface area contributed by atoms with Crippen LogP contribution in [0, 0.1) is 6.92 Å². The molecule has 0 unspecified atom stereocenters. The first kappa shape index (κ1) is 11.6. The van der Waals surface area contributed by atoms with E-state index in [2.05, 4.69) is 30.7 Å². The molecule has 1 aliphatic rings. The van der Waals surface area contributed by atoms with Gasteiger partial charge < -0.3 is 9.88 Å². The van der Waals surface area contributed by atoms with Crippen molar-refractivity contribution in [2.75, 3.05) is 13.6 Å². The summed E-state index contributed by atoms with van der Waals surface area (Å²) in [7, 11) is 2.01. The topological polar surface area (TPSA) is 29.9 Å². The highest BCUT2D eigenvalue weighted by atomic mass is 15.1. The molecule has 0 saturated heterocycles. The third-order valence-corrected chi connectivity index (χ3v) is 3.57. The zero-order valence-corrected chi connectivity index (χ0v) is 10.9. The lowest BCUT2D eigenvalue weighted by molar-refractivity contribution is 0.463. The quantitative estimate of drug-likeness (QED) is 0.846. The van der Waals surface area contributed by atoms with E-state index in [-0.39, 0.29) is 5.41 Å². The fraction of sp³-hybridized carbons (Fsp3) is 0.769. The zero-order chi connectivity index (χ0) is 11.8. The molecule has 1 aromatic heterocycles. The number of fused-ring (bicyclic) bond motifs is 1. The smallest absolute Gasteiger partial charge is 0.106 e. The second kappa shape index (κ2) is 4.21. The third-order valence-electron chi connectivity index (χ3n) is 3.57. The van der Waals surface area contributed by atoms with Gasteiger partial charge in [-0.2, -0.15) is 0 Å². The molecule has 0 radical (unpaired) electrons. The lowest BCUT2D eigenvalue weighted by Crippen LogP contribution is -2.32. The van der Waals surface area contributed by atoms with Crippen LogP contribution in [-0.2, 0) is 18.4 Å². The van der Waals surface area contributed by atoms with Crippen molar-refractivity contribution in [1.29, 1.82) is 0 Å². The van der Waals surface area contributed by atoms with Crippen molar-refractivity contribution in [1.82, 2.24) is 14.9 Å². The summed E-state index contributed by atoms with van der Waals surface area (Å²) in [5.41, 5.74) is 2.92. The Morgan fingerprint density at radius 1 is 1.38 bits per heavy atom. The fourth-order valence-corrected chi connectivity index (χ4v) is 2.79. The van der Waals surface area contributed by atoms with Gasteiger partial charge >= 0.3 is 0 Å². The van der Waals surface area contributed by atoms with E-state index in [1.807, 2.05) is 7.05 Å². The summed E-state index contributed by atoms with van der Waals surface area (Å²) >= 11 is 0. The largest absolute Gasteiger partial charge is 0.332 e. The zero-order valence-electron chi connectivity index (χ0n) is 10.9. The summed E-state index contributed by atoms with van der Waals surface area (Å²) in [6.07, 6.45) is 3.81. The first-order chi connectivity index (χ1) is 7.56. The van der Waals surface area contributed by atoms with Crippen molar-refractivity contribution in [3.63, 3.8) is 0 Å². The standard InChI is InChI=1S/C13H23N3/c1-10-15-12(13(2,3)9-14-4)11-7-5-6-8-16(10)11/h14H,5-9H2,1-4H3. The lowest BCUT2D eigenvalue weighted by atomic mass is 9.86. The Hall–Kier alpha value is -0.830. The molecular formula is C13H23N3. The van der Waals surface area contributed by atoms with Gasteiger partial charge in [0, 0.05) is 24.2 Å². The number of nitrogens with one attached hydrogen (secondary N) is 1. The molecule has 0 amide bonds. The van der Waals surface area contributed by atoms with E-state index in [1.165, 1.54) is 36.5 Å². The van der Waals surface area contributed by atoms with Gasteiger partial charge in [0.15, 0.2) is 0 Å². The average Bonchev–Trinajstić information content (AvgIpc) is 2.58. The summed E-state index contributed by atoms with van der Waals surface area (Å²) in [5, 5.41) is 3.27. The van der Waals surface area contributed by atoms with Crippen LogP contribution in [0.1, 0.15) is 43.9 Å². The monoisotopic (exact) mass is 221 g/mol. The van der Waals surface area contributed by atoms with Gasteiger partial charge in [-0.15, -0.1) is 0 Å². The Kier molecular flexibility index (Phi) is 3.06. The highest BCUT2D eigenvalue weighted by Gasteiger charge is 2.29. The number of imidazole rings is 1. The molecule has 1 aliphatic heterocycles. The minimum Gasteiger partial charge on any atom is -0.332 e. The van der Waals surface area contributed by atoms with Gasteiger partial charge in [0.05, 0.1) is 5.69 Å². The third kappa shape index (κ3) is 1.88. The number of likely N-dealkylation sites (N-methyl/N-ethyl adjacent to an activating group) is 1. The Labute approximate surface area is 98.3 Å². The number of hydrogen-bond donors (Lipinski definition) is 1. The Morgan fingerprint density at radius 3 is 2.81 bits per heavy atom. The molecule has 1 N–H and O–H groups in total. The molecule has 0 bridgehead atoms. The number of rotatable bonds is 3. The van der Waals surface area contributed by atoms with E-state index in [0.29, 0.717) is 0 Å². The summed E-state index contributed by atoms with van der Waals surface area (Å²) in [6.45, 7) is 8.83. The minimum atomic E-state index is 0.136. The highest BCUT2D eigenvalue weighted by molar-refractivity contribution is 5.26. The van der Waals surface area contributed by atoms with Crippen LogP contribution in [0.4, 0.5) is 0 Å². The van der Waals surface area contributed by atoms with Crippen molar-refractivity contribution in [3.05, 3.63) is 17.2 Å². The van der Waals surface area contributed by atoms with Gasteiger partial charge in [0.1, 0.15) is 5.82 Å². The van der Waals surface area contributed by atoms with Gasteiger partial charge in [0.2, 0.25) is 0 Å². The molecule has 2 rings (SSSR count). The second-order valence-corrected chi connectivity index (χ2v) is 5.48. The van der Waals surface area contributed by atoms with E-state index >= 15 is 0 Å². The Balaban J connectivity index is 2.41. The fourth-order valence-electron chi connectivity index (χ4n) is 2.79. The molecule has 0 saturated carbocycles. The molecule has 0 aliphatic carbocycles. The van der Waals surface area contributed by atoms with Crippen LogP contribution in [0.25, 0.3) is 0 Å². The average molecular weight is 221 g/mol. The molecular weight excluding hydrogens is 198 g/mol. The van der Waals surface area contributed by atoms with E-state index in [1.54, 1.807) is 0 Å². The van der Waals surface area contributed by atoms with Crippen LogP contribution in [0.5, 0.6) is 0 Å². The number of nitrogens with zero attached hydrogens (tertiary/aromatic N) is 2. The number of aromatic nitrogens is 2. The molecule has 0 spiro atoms. The summed E-state index contributed by atoms with van der Waals surface area (Å²) in [6, 6.07) is 0. The number of hydrogen-bond acceptors (Lipinski definition) is 2. The van der Waals surface area contributed by atoms with Crippen molar-refractivity contribution >= 4 is 0 Å². The predicted molar refractivity (Wildman–Crippen MR) is 66.9 cm³/mol. The summed E-state index contributed by atoms with van der Waals surface area (Å²) in [5.74, 6) is 1.19. The van der Waals surface area contributed by atoms with Crippen molar-refractivity contribution in [3.8, 4) is 0 Å². The molecule has 2 heterocycles. The van der Waals surface area contributed by atoms with Crippen LogP contribution >= 0.6 is 0 Å². The molecule has 16 heavy (non-hydrogen) atoms. The van der Waals surface area contributed by atoms with E-state index in [4.69, 9.17) is 4.98 Å². The Morgan fingerprint density at radius 2 is 2.12 bits per heavy atom. The molecule has 0 fully saturated rings. The lowest BCUT2D eigenvalue weighted by Gasteiger charge is -2.25. The van der Waals surface area contributed by atoms with Gasteiger partial charge in [-0.1, -0.05) is 13.8 Å².